The SMILES string of the molecule is C[Si](C)(C)c1cccc(PCl)c1OCc1ccccc1. The molecular formula is C16H20ClOPSi. The highest BCUT2D eigenvalue weighted by molar-refractivity contribution is 7.75. The maximum absolute atomic E-state index is 6.13. The average Bonchev–Trinajstić information content (AvgIpc) is 2.44. The lowest BCUT2D eigenvalue weighted by Gasteiger charge is -2.23. The van der Waals surface area contributed by atoms with E-state index in [4.69, 9.17) is 16.0 Å². The lowest BCUT2D eigenvalue weighted by molar-refractivity contribution is 0.311. The van der Waals surface area contributed by atoms with Crippen LogP contribution in [0.5, 0.6) is 5.75 Å². The summed E-state index contributed by atoms with van der Waals surface area (Å²) in [5.41, 5.74) is 1.18. The van der Waals surface area contributed by atoms with Crippen molar-refractivity contribution in [2.24, 2.45) is 0 Å². The second-order valence-electron chi connectivity index (χ2n) is 5.80. The molecule has 106 valence electrons. The Kier molecular flexibility index (Phi) is 5.26. The third kappa shape index (κ3) is 3.85. The van der Waals surface area contributed by atoms with Crippen molar-refractivity contribution in [3.63, 3.8) is 0 Å². The molecule has 0 spiro atoms. The molecule has 0 aromatic heterocycles. The van der Waals surface area contributed by atoms with E-state index >= 15 is 0 Å². The fourth-order valence-corrected chi connectivity index (χ4v) is 4.59. The van der Waals surface area contributed by atoms with Crippen molar-refractivity contribution in [3.8, 4) is 5.75 Å². The van der Waals surface area contributed by atoms with Crippen LogP contribution < -0.4 is 15.2 Å². The molecule has 2 rings (SSSR count). The molecule has 0 saturated carbocycles. The molecule has 0 aliphatic heterocycles. The number of benzene rings is 2. The third-order valence-corrected chi connectivity index (χ3v) is 6.37. The summed E-state index contributed by atoms with van der Waals surface area (Å²) in [6.07, 6.45) is 0. The number of halogens is 1. The Labute approximate surface area is 128 Å². The summed E-state index contributed by atoms with van der Waals surface area (Å²) in [6, 6.07) is 16.6. The van der Waals surface area contributed by atoms with Gasteiger partial charge in [0.2, 0.25) is 0 Å². The number of para-hydroxylation sites is 1. The number of hydrogen-bond acceptors (Lipinski definition) is 1. The van der Waals surface area contributed by atoms with Crippen molar-refractivity contribution in [1.82, 2.24) is 0 Å². The highest BCUT2D eigenvalue weighted by Crippen LogP contribution is 2.24. The molecule has 0 bridgehead atoms. The Balaban J connectivity index is 2.29. The summed E-state index contributed by atoms with van der Waals surface area (Å²) in [5.74, 6) is 1.00. The second kappa shape index (κ2) is 6.75. The smallest absolute Gasteiger partial charge is 0.127 e. The lowest BCUT2D eigenvalue weighted by atomic mass is 10.2. The predicted molar refractivity (Wildman–Crippen MR) is 94.0 cm³/mol. The van der Waals surface area contributed by atoms with Crippen molar-refractivity contribution in [2.75, 3.05) is 0 Å². The molecule has 20 heavy (non-hydrogen) atoms. The quantitative estimate of drug-likeness (QED) is 0.590. The van der Waals surface area contributed by atoms with Gasteiger partial charge in [-0.1, -0.05) is 73.3 Å². The Bertz CT molecular complexity index is 566. The third-order valence-electron chi connectivity index (χ3n) is 3.15. The fourth-order valence-electron chi connectivity index (χ4n) is 2.09. The molecule has 0 radical (unpaired) electrons. The van der Waals surface area contributed by atoms with E-state index in [0.29, 0.717) is 6.61 Å². The van der Waals surface area contributed by atoms with E-state index in [1.165, 1.54) is 10.8 Å². The monoisotopic (exact) mass is 322 g/mol. The zero-order valence-electron chi connectivity index (χ0n) is 12.1. The normalized spacial score (nSPS) is 12.0. The molecule has 0 saturated heterocycles. The summed E-state index contributed by atoms with van der Waals surface area (Å²) in [4.78, 5) is 0. The first-order valence-corrected chi connectivity index (χ1v) is 12.2. The maximum Gasteiger partial charge on any atom is 0.127 e. The van der Waals surface area contributed by atoms with Gasteiger partial charge in [0.05, 0.1) is 8.07 Å². The van der Waals surface area contributed by atoms with Gasteiger partial charge in [-0.05, 0) is 16.8 Å². The second-order valence-corrected chi connectivity index (χ2v) is 12.1. The zero-order valence-corrected chi connectivity index (χ0v) is 14.9. The van der Waals surface area contributed by atoms with Gasteiger partial charge in [0, 0.05) is 13.2 Å². The standard InChI is InChI=1S/C16H20ClOPSi/c1-20(2,3)15-11-7-10-14(19-17)16(15)18-12-13-8-5-4-6-9-13/h4-11,19H,12H2,1-3H3. The topological polar surface area (TPSA) is 9.23 Å². The minimum atomic E-state index is -1.44. The molecule has 2 aromatic rings. The molecule has 0 aliphatic rings. The van der Waals surface area contributed by atoms with E-state index in [2.05, 4.69) is 50.0 Å². The molecule has 0 aliphatic carbocycles. The van der Waals surface area contributed by atoms with Gasteiger partial charge in [-0.25, -0.2) is 0 Å². The van der Waals surface area contributed by atoms with Crippen LogP contribution >= 0.6 is 19.2 Å². The molecule has 1 atom stereocenters. The minimum absolute atomic E-state index is 0.241. The van der Waals surface area contributed by atoms with E-state index in [1.54, 1.807) is 0 Å². The van der Waals surface area contributed by atoms with E-state index in [0.717, 1.165) is 11.1 Å². The van der Waals surface area contributed by atoms with E-state index in [1.807, 2.05) is 18.2 Å². The van der Waals surface area contributed by atoms with Gasteiger partial charge in [-0.2, -0.15) is 0 Å². The summed E-state index contributed by atoms with van der Waals surface area (Å²) >= 11 is 6.10. The zero-order chi connectivity index (χ0) is 14.6. The van der Waals surface area contributed by atoms with Crippen molar-refractivity contribution in [2.45, 2.75) is 26.2 Å². The molecule has 0 heterocycles. The van der Waals surface area contributed by atoms with Crippen molar-refractivity contribution in [3.05, 3.63) is 54.1 Å². The van der Waals surface area contributed by atoms with Gasteiger partial charge in [-0.3, -0.25) is 0 Å². The first-order chi connectivity index (χ1) is 9.52. The van der Waals surface area contributed by atoms with Crippen LogP contribution in [0.3, 0.4) is 0 Å². The van der Waals surface area contributed by atoms with Crippen LogP contribution in [0.15, 0.2) is 48.5 Å². The van der Waals surface area contributed by atoms with Gasteiger partial charge < -0.3 is 4.74 Å². The molecule has 1 unspecified atom stereocenters. The average molecular weight is 323 g/mol. The van der Waals surface area contributed by atoms with Crippen molar-refractivity contribution >= 4 is 37.7 Å². The number of ether oxygens (including phenoxy) is 1. The summed E-state index contributed by atoms with van der Waals surface area (Å²) < 4.78 is 6.13. The van der Waals surface area contributed by atoms with Gasteiger partial charge in [0.25, 0.3) is 0 Å². The van der Waals surface area contributed by atoms with Gasteiger partial charge in [-0.15, -0.1) is 0 Å². The maximum atomic E-state index is 6.13. The van der Waals surface area contributed by atoms with Crippen LogP contribution in [0.1, 0.15) is 5.56 Å². The summed E-state index contributed by atoms with van der Waals surface area (Å²) in [6.45, 7) is 7.59. The van der Waals surface area contributed by atoms with E-state index < -0.39 is 8.07 Å². The largest absolute Gasteiger partial charge is 0.488 e. The minimum Gasteiger partial charge on any atom is -0.488 e. The number of hydrogen-bond donors (Lipinski definition) is 0. The fraction of sp³-hybridized carbons (Fsp3) is 0.250. The molecule has 0 amide bonds. The van der Waals surface area contributed by atoms with Gasteiger partial charge >= 0.3 is 0 Å². The molecule has 2 aromatic carbocycles. The van der Waals surface area contributed by atoms with Crippen LogP contribution in [-0.2, 0) is 6.61 Å². The Morgan fingerprint density at radius 2 is 1.70 bits per heavy atom. The van der Waals surface area contributed by atoms with Crippen molar-refractivity contribution in [1.29, 1.82) is 0 Å². The number of rotatable bonds is 5. The molecule has 0 N–H and O–H groups in total. The molecular weight excluding hydrogens is 303 g/mol. The summed E-state index contributed by atoms with van der Waals surface area (Å²) in [5, 5.41) is 2.46. The Morgan fingerprint density at radius 3 is 2.30 bits per heavy atom. The van der Waals surface area contributed by atoms with Gasteiger partial charge in [0.15, 0.2) is 0 Å². The van der Waals surface area contributed by atoms with Crippen LogP contribution in [0.2, 0.25) is 19.6 Å². The molecule has 1 nitrogen and oxygen atoms in total. The van der Waals surface area contributed by atoms with Crippen LogP contribution in [0, 0.1) is 0 Å². The van der Waals surface area contributed by atoms with E-state index in [9.17, 15) is 0 Å². The molecule has 0 fully saturated rings. The summed E-state index contributed by atoms with van der Waals surface area (Å²) in [7, 11) is -1.20. The van der Waals surface area contributed by atoms with Gasteiger partial charge in [0.1, 0.15) is 12.4 Å². The Hall–Kier alpha value is -0.823. The highest BCUT2D eigenvalue weighted by Gasteiger charge is 2.23. The van der Waals surface area contributed by atoms with Crippen molar-refractivity contribution < 1.29 is 4.74 Å². The first-order valence-electron chi connectivity index (χ1n) is 6.69. The van der Waals surface area contributed by atoms with Crippen LogP contribution in [0.25, 0.3) is 0 Å². The van der Waals surface area contributed by atoms with Crippen LogP contribution in [0.4, 0.5) is 0 Å². The predicted octanol–water partition coefficient (Wildman–Crippen LogP) is 4.27. The van der Waals surface area contributed by atoms with E-state index in [-0.39, 0.29) is 7.93 Å². The first kappa shape index (κ1) is 15.6. The Morgan fingerprint density at radius 1 is 1.00 bits per heavy atom. The highest BCUT2D eigenvalue weighted by atomic mass is 35.7. The van der Waals surface area contributed by atoms with Crippen LogP contribution in [-0.4, -0.2) is 8.07 Å². The lowest BCUT2D eigenvalue weighted by Crippen LogP contribution is -2.40. The molecule has 4 heteroatoms.